The number of ether oxygens (including phenoxy) is 1. The van der Waals surface area contributed by atoms with Crippen molar-refractivity contribution in [3.63, 3.8) is 0 Å². The normalized spacial score (nSPS) is 22.1. The molecule has 1 saturated heterocycles. The largest absolute Gasteiger partial charge is 0.444 e. The van der Waals surface area contributed by atoms with E-state index in [1.54, 1.807) is 4.90 Å². The highest BCUT2D eigenvalue weighted by molar-refractivity contribution is 5.68. The maximum absolute atomic E-state index is 12.3. The Hall–Kier alpha value is -2.06. The quantitative estimate of drug-likeness (QED) is 0.793. The van der Waals surface area contributed by atoms with Gasteiger partial charge in [0.2, 0.25) is 0 Å². The lowest BCUT2D eigenvalue weighted by Crippen LogP contribution is -2.46. The van der Waals surface area contributed by atoms with Gasteiger partial charge in [0, 0.05) is 24.5 Å². The second kappa shape index (κ2) is 5.78. The van der Waals surface area contributed by atoms with Crippen LogP contribution in [0.15, 0.2) is 18.2 Å². The molecule has 1 aromatic carbocycles. The Morgan fingerprint density at radius 1 is 1.38 bits per heavy atom. The first kappa shape index (κ1) is 16.8. The number of carbonyl (C=O) groups is 1. The molecule has 5 heteroatoms. The SMILES string of the molecule is CC(C)(C)OC(=O)N1CCC2(CC1)C[C@@H](N)c1cc(C#N)ccc12. The van der Waals surface area contributed by atoms with Crippen LogP contribution in [0.3, 0.4) is 0 Å². The average molecular weight is 327 g/mol. The van der Waals surface area contributed by atoms with Crippen molar-refractivity contribution in [1.82, 2.24) is 4.90 Å². The van der Waals surface area contributed by atoms with Gasteiger partial charge < -0.3 is 15.4 Å². The van der Waals surface area contributed by atoms with Crippen LogP contribution in [0.2, 0.25) is 0 Å². The molecule has 1 aromatic rings. The van der Waals surface area contributed by atoms with Gasteiger partial charge in [-0.05, 0) is 63.3 Å². The number of rotatable bonds is 0. The Morgan fingerprint density at radius 2 is 2.04 bits per heavy atom. The van der Waals surface area contributed by atoms with Crippen LogP contribution in [0.25, 0.3) is 0 Å². The Balaban J connectivity index is 1.76. The first-order chi connectivity index (χ1) is 11.2. The number of amides is 1. The van der Waals surface area contributed by atoms with Gasteiger partial charge in [0.1, 0.15) is 5.60 Å². The van der Waals surface area contributed by atoms with Crippen LogP contribution >= 0.6 is 0 Å². The van der Waals surface area contributed by atoms with Crippen LogP contribution in [0, 0.1) is 11.3 Å². The Morgan fingerprint density at radius 3 is 2.62 bits per heavy atom. The maximum Gasteiger partial charge on any atom is 0.410 e. The summed E-state index contributed by atoms with van der Waals surface area (Å²) in [4.78, 5) is 14.0. The molecule has 0 unspecified atom stereocenters. The number of likely N-dealkylation sites (tertiary alicyclic amines) is 1. The summed E-state index contributed by atoms with van der Waals surface area (Å²) in [6, 6.07) is 8.02. The van der Waals surface area contributed by atoms with Crippen molar-refractivity contribution in [3.05, 3.63) is 34.9 Å². The molecule has 1 spiro atoms. The molecular formula is C19H25N3O2. The van der Waals surface area contributed by atoms with Gasteiger partial charge in [-0.25, -0.2) is 4.79 Å². The summed E-state index contributed by atoms with van der Waals surface area (Å²) in [6.07, 6.45) is 2.43. The number of carbonyl (C=O) groups excluding carboxylic acids is 1. The van der Waals surface area contributed by atoms with Gasteiger partial charge in [0.15, 0.2) is 0 Å². The van der Waals surface area contributed by atoms with Crippen LogP contribution < -0.4 is 5.73 Å². The second-order valence-corrected chi connectivity index (χ2v) is 7.97. The highest BCUT2D eigenvalue weighted by atomic mass is 16.6. The van der Waals surface area contributed by atoms with Gasteiger partial charge >= 0.3 is 6.09 Å². The minimum absolute atomic E-state index is 0.0265. The molecule has 24 heavy (non-hydrogen) atoms. The van der Waals surface area contributed by atoms with Gasteiger partial charge in [-0.15, -0.1) is 0 Å². The van der Waals surface area contributed by atoms with E-state index in [0.717, 1.165) is 24.8 Å². The Labute approximate surface area is 143 Å². The summed E-state index contributed by atoms with van der Waals surface area (Å²) in [5.41, 5.74) is 8.92. The molecule has 1 aliphatic carbocycles. The number of nitriles is 1. The number of benzene rings is 1. The predicted molar refractivity (Wildman–Crippen MR) is 91.4 cm³/mol. The summed E-state index contributed by atoms with van der Waals surface area (Å²) in [5.74, 6) is 0. The summed E-state index contributed by atoms with van der Waals surface area (Å²) in [6.45, 7) is 7.02. The number of hydrogen-bond acceptors (Lipinski definition) is 4. The fourth-order valence-electron chi connectivity index (χ4n) is 3.98. The fourth-order valence-corrected chi connectivity index (χ4v) is 3.98. The number of nitrogens with zero attached hydrogens (tertiary/aromatic N) is 2. The van der Waals surface area contributed by atoms with Crippen molar-refractivity contribution in [2.75, 3.05) is 13.1 Å². The molecule has 0 radical (unpaired) electrons. The monoisotopic (exact) mass is 327 g/mol. The summed E-state index contributed by atoms with van der Waals surface area (Å²) in [7, 11) is 0. The molecular weight excluding hydrogens is 302 g/mol. The third kappa shape index (κ3) is 2.99. The fraction of sp³-hybridized carbons (Fsp3) is 0.579. The molecule has 0 saturated carbocycles. The zero-order valence-corrected chi connectivity index (χ0v) is 14.6. The number of hydrogen-bond donors (Lipinski definition) is 1. The molecule has 2 N–H and O–H groups in total. The van der Waals surface area contributed by atoms with E-state index in [1.807, 2.05) is 32.9 Å². The molecule has 1 atom stereocenters. The molecule has 2 aliphatic rings. The molecule has 1 amide bonds. The standard InChI is InChI=1S/C19H25N3O2/c1-18(2,3)24-17(23)22-8-6-19(7-9-22)11-16(21)14-10-13(12-20)4-5-15(14)19/h4-5,10,16H,6-9,11,21H2,1-3H3/t16-/m1/s1. The smallest absolute Gasteiger partial charge is 0.410 e. The summed E-state index contributed by atoms with van der Waals surface area (Å²) in [5, 5.41) is 9.10. The first-order valence-electron chi connectivity index (χ1n) is 8.52. The first-order valence-corrected chi connectivity index (χ1v) is 8.52. The topological polar surface area (TPSA) is 79.3 Å². The number of nitrogens with two attached hydrogens (primary N) is 1. The van der Waals surface area contributed by atoms with E-state index in [9.17, 15) is 4.79 Å². The molecule has 1 heterocycles. The number of fused-ring (bicyclic) bond motifs is 2. The van der Waals surface area contributed by atoms with Crippen molar-refractivity contribution >= 4 is 6.09 Å². The van der Waals surface area contributed by atoms with Crippen LogP contribution in [0.1, 0.15) is 62.8 Å². The molecule has 5 nitrogen and oxygen atoms in total. The summed E-state index contributed by atoms with van der Waals surface area (Å²) < 4.78 is 5.48. The molecule has 128 valence electrons. The lowest BCUT2D eigenvalue weighted by molar-refractivity contribution is 0.0162. The third-order valence-corrected chi connectivity index (χ3v) is 5.13. The third-order valence-electron chi connectivity index (χ3n) is 5.13. The van der Waals surface area contributed by atoms with Crippen LogP contribution in [0.4, 0.5) is 4.79 Å². The van der Waals surface area contributed by atoms with Crippen molar-refractivity contribution in [1.29, 1.82) is 5.26 Å². The van der Waals surface area contributed by atoms with Crippen LogP contribution in [-0.2, 0) is 10.2 Å². The van der Waals surface area contributed by atoms with Crippen molar-refractivity contribution in [2.45, 2.75) is 57.1 Å². The summed E-state index contributed by atoms with van der Waals surface area (Å²) >= 11 is 0. The van der Waals surface area contributed by atoms with Crippen molar-refractivity contribution in [3.8, 4) is 6.07 Å². The van der Waals surface area contributed by atoms with Crippen LogP contribution in [-0.4, -0.2) is 29.7 Å². The Kier molecular flexibility index (Phi) is 4.05. The zero-order valence-electron chi connectivity index (χ0n) is 14.6. The van der Waals surface area contributed by atoms with Gasteiger partial charge in [0.05, 0.1) is 11.6 Å². The molecule has 0 aromatic heterocycles. The lowest BCUT2D eigenvalue weighted by atomic mass is 9.73. The zero-order chi connectivity index (χ0) is 17.5. The Bertz CT molecular complexity index is 692. The van der Waals surface area contributed by atoms with Gasteiger partial charge in [0.25, 0.3) is 0 Å². The predicted octanol–water partition coefficient (Wildman–Crippen LogP) is 3.23. The van der Waals surface area contributed by atoms with Crippen LogP contribution in [0.5, 0.6) is 0 Å². The minimum atomic E-state index is -0.470. The van der Waals surface area contributed by atoms with E-state index in [2.05, 4.69) is 12.1 Å². The molecule has 3 rings (SSSR count). The number of piperidine rings is 1. The van der Waals surface area contributed by atoms with E-state index in [-0.39, 0.29) is 17.6 Å². The van der Waals surface area contributed by atoms with E-state index in [0.29, 0.717) is 18.7 Å². The van der Waals surface area contributed by atoms with E-state index in [4.69, 9.17) is 15.7 Å². The maximum atomic E-state index is 12.3. The van der Waals surface area contributed by atoms with Gasteiger partial charge in [-0.2, -0.15) is 5.26 Å². The average Bonchev–Trinajstić information content (AvgIpc) is 2.78. The van der Waals surface area contributed by atoms with Gasteiger partial charge in [-0.1, -0.05) is 6.07 Å². The van der Waals surface area contributed by atoms with E-state index < -0.39 is 5.60 Å². The van der Waals surface area contributed by atoms with E-state index in [1.165, 1.54) is 5.56 Å². The minimum Gasteiger partial charge on any atom is -0.444 e. The highest BCUT2D eigenvalue weighted by Crippen LogP contribution is 2.50. The molecule has 0 bridgehead atoms. The highest BCUT2D eigenvalue weighted by Gasteiger charge is 2.45. The molecule has 1 aliphatic heterocycles. The molecule has 1 fully saturated rings. The lowest BCUT2D eigenvalue weighted by Gasteiger charge is -2.40. The second-order valence-electron chi connectivity index (χ2n) is 7.97. The van der Waals surface area contributed by atoms with Gasteiger partial charge in [-0.3, -0.25) is 0 Å². The van der Waals surface area contributed by atoms with E-state index >= 15 is 0 Å². The van der Waals surface area contributed by atoms with Crippen molar-refractivity contribution < 1.29 is 9.53 Å². The van der Waals surface area contributed by atoms with Crippen molar-refractivity contribution in [2.24, 2.45) is 5.73 Å².